The van der Waals surface area contributed by atoms with E-state index in [0.717, 1.165) is 32.5 Å². The standard InChI is InChI=1S/C10H22N2O/c1-3-6-12-7-4-10(13,5-8-12)9-11-2/h11,13H,3-9H2,1-2H3. The smallest absolute Gasteiger partial charge is 0.0795 e. The third-order valence-corrected chi connectivity index (χ3v) is 2.83. The minimum atomic E-state index is -0.445. The third kappa shape index (κ3) is 3.25. The summed E-state index contributed by atoms with van der Waals surface area (Å²) in [5.74, 6) is 0. The Morgan fingerprint density at radius 2 is 2.00 bits per heavy atom. The van der Waals surface area contributed by atoms with Crippen LogP contribution in [0.1, 0.15) is 26.2 Å². The van der Waals surface area contributed by atoms with Crippen molar-refractivity contribution >= 4 is 0 Å². The Hall–Kier alpha value is -0.120. The lowest BCUT2D eigenvalue weighted by molar-refractivity contribution is -0.0184. The maximum Gasteiger partial charge on any atom is 0.0795 e. The van der Waals surface area contributed by atoms with Crippen molar-refractivity contribution in [3.05, 3.63) is 0 Å². The highest BCUT2D eigenvalue weighted by molar-refractivity contribution is 4.87. The Kier molecular flexibility index (Phi) is 4.16. The van der Waals surface area contributed by atoms with Crippen LogP contribution in [0, 0.1) is 0 Å². The summed E-state index contributed by atoms with van der Waals surface area (Å²) < 4.78 is 0. The lowest BCUT2D eigenvalue weighted by Crippen LogP contribution is -2.49. The maximum atomic E-state index is 10.1. The van der Waals surface area contributed by atoms with Gasteiger partial charge in [-0.3, -0.25) is 0 Å². The van der Waals surface area contributed by atoms with Crippen LogP contribution in [0.15, 0.2) is 0 Å². The molecule has 0 amide bonds. The number of likely N-dealkylation sites (tertiary alicyclic amines) is 1. The molecule has 0 unspecified atom stereocenters. The van der Waals surface area contributed by atoms with Crippen molar-refractivity contribution in [2.45, 2.75) is 31.8 Å². The molecular weight excluding hydrogens is 164 g/mol. The van der Waals surface area contributed by atoms with Crippen molar-refractivity contribution in [2.24, 2.45) is 0 Å². The molecule has 3 heteroatoms. The van der Waals surface area contributed by atoms with Gasteiger partial charge in [0.15, 0.2) is 0 Å². The van der Waals surface area contributed by atoms with Crippen LogP contribution < -0.4 is 5.32 Å². The van der Waals surface area contributed by atoms with E-state index >= 15 is 0 Å². The van der Waals surface area contributed by atoms with Crippen LogP contribution in [-0.2, 0) is 0 Å². The molecule has 0 spiro atoms. The first-order valence-electron chi connectivity index (χ1n) is 5.29. The molecule has 78 valence electrons. The van der Waals surface area contributed by atoms with E-state index < -0.39 is 5.60 Å². The van der Waals surface area contributed by atoms with E-state index in [1.54, 1.807) is 0 Å². The Morgan fingerprint density at radius 3 is 2.46 bits per heavy atom. The molecule has 1 aliphatic rings. The van der Waals surface area contributed by atoms with Crippen LogP contribution in [0.3, 0.4) is 0 Å². The Bertz CT molecular complexity index is 142. The van der Waals surface area contributed by atoms with Crippen LogP contribution in [0.4, 0.5) is 0 Å². The van der Waals surface area contributed by atoms with E-state index in [0.29, 0.717) is 0 Å². The van der Waals surface area contributed by atoms with Gasteiger partial charge < -0.3 is 15.3 Å². The average Bonchev–Trinajstić information content (AvgIpc) is 2.10. The Morgan fingerprint density at radius 1 is 1.38 bits per heavy atom. The molecule has 0 atom stereocenters. The molecule has 0 radical (unpaired) electrons. The summed E-state index contributed by atoms with van der Waals surface area (Å²) in [6.07, 6.45) is 3.03. The molecule has 1 rings (SSSR count). The number of rotatable bonds is 4. The normalized spacial score (nSPS) is 23.3. The summed E-state index contributed by atoms with van der Waals surface area (Å²) in [5.41, 5.74) is -0.445. The first-order chi connectivity index (χ1) is 6.20. The molecule has 0 aromatic heterocycles. The van der Waals surface area contributed by atoms with Crippen LogP contribution in [0.2, 0.25) is 0 Å². The van der Waals surface area contributed by atoms with E-state index in [9.17, 15) is 5.11 Å². The average molecular weight is 186 g/mol. The minimum Gasteiger partial charge on any atom is -0.388 e. The largest absolute Gasteiger partial charge is 0.388 e. The second-order valence-electron chi connectivity index (χ2n) is 4.10. The molecule has 1 saturated heterocycles. The zero-order valence-electron chi connectivity index (χ0n) is 8.84. The first-order valence-corrected chi connectivity index (χ1v) is 5.29. The fraction of sp³-hybridized carbons (Fsp3) is 1.00. The maximum absolute atomic E-state index is 10.1. The summed E-state index contributed by atoms with van der Waals surface area (Å²) in [4.78, 5) is 2.43. The van der Waals surface area contributed by atoms with Gasteiger partial charge >= 0.3 is 0 Å². The van der Waals surface area contributed by atoms with Crippen LogP contribution in [-0.4, -0.2) is 48.8 Å². The third-order valence-electron chi connectivity index (χ3n) is 2.83. The molecule has 0 aromatic carbocycles. The summed E-state index contributed by atoms with van der Waals surface area (Å²) in [6, 6.07) is 0. The molecule has 1 fully saturated rings. The molecule has 0 aliphatic carbocycles. The van der Waals surface area contributed by atoms with Crippen LogP contribution in [0.5, 0.6) is 0 Å². The molecule has 1 aliphatic heterocycles. The topological polar surface area (TPSA) is 35.5 Å². The summed E-state index contributed by atoms with van der Waals surface area (Å²) in [5, 5.41) is 13.1. The highest BCUT2D eigenvalue weighted by atomic mass is 16.3. The van der Waals surface area contributed by atoms with E-state index in [-0.39, 0.29) is 0 Å². The van der Waals surface area contributed by atoms with Crippen molar-refractivity contribution in [1.82, 2.24) is 10.2 Å². The zero-order valence-corrected chi connectivity index (χ0v) is 8.84. The van der Waals surface area contributed by atoms with E-state index in [1.807, 2.05) is 7.05 Å². The minimum absolute atomic E-state index is 0.445. The quantitative estimate of drug-likeness (QED) is 0.669. The van der Waals surface area contributed by atoms with Gasteiger partial charge in [-0.15, -0.1) is 0 Å². The molecule has 0 saturated carbocycles. The molecule has 0 bridgehead atoms. The number of nitrogens with one attached hydrogen (secondary N) is 1. The van der Waals surface area contributed by atoms with Gasteiger partial charge in [0.25, 0.3) is 0 Å². The van der Waals surface area contributed by atoms with E-state index in [1.165, 1.54) is 13.0 Å². The van der Waals surface area contributed by atoms with Crippen molar-refractivity contribution in [3.8, 4) is 0 Å². The van der Waals surface area contributed by atoms with Gasteiger partial charge in [0.2, 0.25) is 0 Å². The van der Waals surface area contributed by atoms with Crippen molar-refractivity contribution in [2.75, 3.05) is 33.2 Å². The fourth-order valence-corrected chi connectivity index (χ4v) is 2.01. The fourth-order valence-electron chi connectivity index (χ4n) is 2.01. The molecule has 1 heterocycles. The lowest BCUT2D eigenvalue weighted by atomic mass is 9.91. The number of hydrogen-bond acceptors (Lipinski definition) is 3. The monoisotopic (exact) mass is 186 g/mol. The Labute approximate surface area is 81.1 Å². The molecule has 2 N–H and O–H groups in total. The van der Waals surface area contributed by atoms with Gasteiger partial charge in [-0.05, 0) is 32.9 Å². The highest BCUT2D eigenvalue weighted by Gasteiger charge is 2.30. The first kappa shape index (κ1) is 11.0. The number of nitrogens with zero attached hydrogens (tertiary/aromatic N) is 1. The van der Waals surface area contributed by atoms with Gasteiger partial charge in [0, 0.05) is 19.6 Å². The van der Waals surface area contributed by atoms with Gasteiger partial charge in [-0.25, -0.2) is 0 Å². The van der Waals surface area contributed by atoms with E-state index in [4.69, 9.17) is 0 Å². The Balaban J connectivity index is 2.28. The SMILES string of the molecule is CCCN1CCC(O)(CNC)CC1. The summed E-state index contributed by atoms with van der Waals surface area (Å²) in [7, 11) is 1.90. The van der Waals surface area contributed by atoms with Gasteiger partial charge in [-0.2, -0.15) is 0 Å². The molecule has 13 heavy (non-hydrogen) atoms. The highest BCUT2D eigenvalue weighted by Crippen LogP contribution is 2.21. The second-order valence-corrected chi connectivity index (χ2v) is 4.10. The molecule has 0 aromatic rings. The lowest BCUT2D eigenvalue weighted by Gasteiger charge is -2.38. The number of hydrogen-bond donors (Lipinski definition) is 2. The predicted molar refractivity (Wildman–Crippen MR) is 54.8 cm³/mol. The molecule has 3 nitrogen and oxygen atoms in total. The van der Waals surface area contributed by atoms with Gasteiger partial charge in [0.1, 0.15) is 0 Å². The van der Waals surface area contributed by atoms with Crippen molar-refractivity contribution in [3.63, 3.8) is 0 Å². The second kappa shape index (κ2) is 4.94. The van der Waals surface area contributed by atoms with Gasteiger partial charge in [0.05, 0.1) is 5.60 Å². The zero-order chi connectivity index (χ0) is 9.73. The van der Waals surface area contributed by atoms with Crippen molar-refractivity contribution < 1.29 is 5.11 Å². The number of likely N-dealkylation sites (N-methyl/N-ethyl adjacent to an activating group) is 1. The van der Waals surface area contributed by atoms with E-state index in [2.05, 4.69) is 17.1 Å². The van der Waals surface area contributed by atoms with Gasteiger partial charge in [-0.1, -0.05) is 6.92 Å². The predicted octanol–water partition coefficient (Wildman–Crippen LogP) is 0.443. The van der Waals surface area contributed by atoms with Crippen LogP contribution >= 0.6 is 0 Å². The molecular formula is C10H22N2O. The van der Waals surface area contributed by atoms with Crippen molar-refractivity contribution in [1.29, 1.82) is 0 Å². The summed E-state index contributed by atoms with van der Waals surface area (Å²) in [6.45, 7) is 6.20. The number of piperidine rings is 1. The number of aliphatic hydroxyl groups is 1. The summed E-state index contributed by atoms with van der Waals surface area (Å²) >= 11 is 0. The van der Waals surface area contributed by atoms with Crippen LogP contribution in [0.25, 0.3) is 0 Å².